The van der Waals surface area contributed by atoms with Crippen LogP contribution in [0.1, 0.15) is 17.7 Å². The van der Waals surface area contributed by atoms with E-state index in [0.717, 1.165) is 0 Å². The average molecular weight is 258 g/mol. The van der Waals surface area contributed by atoms with E-state index in [2.05, 4.69) is 0 Å². The molecular formula is C7H6ClF2NO3S. The molecule has 1 aromatic heterocycles. The molecule has 0 amide bonds. The molecule has 0 radical (unpaired) electrons. The molecule has 0 spiro atoms. The summed E-state index contributed by atoms with van der Waals surface area (Å²) in [6, 6.07) is 0.656. The van der Waals surface area contributed by atoms with Gasteiger partial charge in [-0.25, -0.2) is 17.2 Å². The number of halogens is 3. The lowest BCUT2D eigenvalue weighted by Crippen LogP contribution is -2.16. The Bertz CT molecular complexity index is 538. The molecule has 1 heterocycles. The Morgan fingerprint density at radius 3 is 2.40 bits per heavy atom. The van der Waals surface area contributed by atoms with Crippen LogP contribution in [-0.4, -0.2) is 13.4 Å². The maximum atomic E-state index is 12.2. The number of hydrogen-bond donors (Lipinski definition) is 1. The topological polar surface area (TPSA) is 67.0 Å². The van der Waals surface area contributed by atoms with Gasteiger partial charge in [0.2, 0.25) is 0 Å². The molecule has 8 heteroatoms. The van der Waals surface area contributed by atoms with Gasteiger partial charge in [0.05, 0.1) is 10.6 Å². The SMILES string of the molecule is Cc1c(S(=O)(=O)Cl)cc(C(F)F)[nH]c1=O. The molecular weight excluding hydrogens is 252 g/mol. The summed E-state index contributed by atoms with van der Waals surface area (Å²) in [6.45, 7) is 1.18. The van der Waals surface area contributed by atoms with Crippen molar-refractivity contribution in [1.29, 1.82) is 0 Å². The molecule has 0 saturated carbocycles. The van der Waals surface area contributed by atoms with Crippen molar-refractivity contribution in [1.82, 2.24) is 4.98 Å². The van der Waals surface area contributed by atoms with Crippen molar-refractivity contribution in [2.24, 2.45) is 0 Å². The van der Waals surface area contributed by atoms with Gasteiger partial charge >= 0.3 is 0 Å². The average Bonchev–Trinajstić information content (AvgIpc) is 2.06. The van der Waals surface area contributed by atoms with Gasteiger partial charge in [-0.2, -0.15) is 0 Å². The van der Waals surface area contributed by atoms with Crippen LogP contribution in [0.15, 0.2) is 15.8 Å². The maximum absolute atomic E-state index is 12.2. The van der Waals surface area contributed by atoms with Crippen LogP contribution in [0, 0.1) is 6.92 Å². The fourth-order valence-corrected chi connectivity index (χ4v) is 2.20. The molecule has 0 atom stereocenters. The number of H-pyrrole nitrogens is 1. The molecule has 0 aromatic carbocycles. The fraction of sp³-hybridized carbons (Fsp3) is 0.286. The Morgan fingerprint density at radius 2 is 2.00 bits per heavy atom. The van der Waals surface area contributed by atoms with Gasteiger partial charge in [-0.1, -0.05) is 0 Å². The van der Waals surface area contributed by atoms with Gasteiger partial charge < -0.3 is 4.98 Å². The summed E-state index contributed by atoms with van der Waals surface area (Å²) >= 11 is 0. The highest BCUT2D eigenvalue weighted by Gasteiger charge is 2.20. The van der Waals surface area contributed by atoms with Gasteiger partial charge in [0.25, 0.3) is 21.0 Å². The van der Waals surface area contributed by atoms with Crippen molar-refractivity contribution in [2.75, 3.05) is 0 Å². The van der Waals surface area contributed by atoms with E-state index in [0.29, 0.717) is 6.07 Å². The molecule has 4 nitrogen and oxygen atoms in total. The molecule has 0 bridgehead atoms. The summed E-state index contributed by atoms with van der Waals surface area (Å²) in [7, 11) is 0.794. The van der Waals surface area contributed by atoms with Crippen molar-refractivity contribution in [2.45, 2.75) is 18.2 Å². The van der Waals surface area contributed by atoms with E-state index >= 15 is 0 Å². The van der Waals surface area contributed by atoms with Crippen molar-refractivity contribution in [3.8, 4) is 0 Å². The quantitative estimate of drug-likeness (QED) is 0.818. The second-order valence-electron chi connectivity index (χ2n) is 2.78. The van der Waals surface area contributed by atoms with E-state index in [4.69, 9.17) is 10.7 Å². The molecule has 0 aliphatic heterocycles. The van der Waals surface area contributed by atoms with Gasteiger partial charge in [0.1, 0.15) is 0 Å². The lowest BCUT2D eigenvalue weighted by molar-refractivity contribution is 0.145. The van der Waals surface area contributed by atoms with E-state index < -0.39 is 31.6 Å². The number of rotatable bonds is 2. The number of alkyl halides is 2. The van der Waals surface area contributed by atoms with E-state index in [1.54, 1.807) is 0 Å². The minimum absolute atomic E-state index is 0.214. The number of aromatic nitrogens is 1. The van der Waals surface area contributed by atoms with Gasteiger partial charge in [0.15, 0.2) is 0 Å². The van der Waals surface area contributed by atoms with Crippen LogP contribution < -0.4 is 5.56 Å². The maximum Gasteiger partial charge on any atom is 0.278 e. The summed E-state index contributed by atoms with van der Waals surface area (Å²) in [4.78, 5) is 12.4. The van der Waals surface area contributed by atoms with Gasteiger partial charge in [-0.3, -0.25) is 4.79 Å². The normalized spacial score (nSPS) is 12.1. The first-order valence-electron chi connectivity index (χ1n) is 3.70. The smallest absolute Gasteiger partial charge is 0.278 e. The van der Waals surface area contributed by atoms with Crippen LogP contribution in [0.25, 0.3) is 0 Å². The van der Waals surface area contributed by atoms with Crippen LogP contribution in [0.4, 0.5) is 8.78 Å². The second kappa shape index (κ2) is 3.90. The lowest BCUT2D eigenvalue weighted by Gasteiger charge is -2.04. The Kier molecular flexibility index (Phi) is 3.15. The standard InChI is InChI=1S/C7H6ClF2NO3S/c1-3-5(15(8,13)14)2-4(6(9)10)11-7(3)12/h2,6H,1H3,(H,11,12). The van der Waals surface area contributed by atoms with Crippen LogP contribution in [0.3, 0.4) is 0 Å². The third kappa shape index (κ3) is 2.54. The monoisotopic (exact) mass is 257 g/mol. The first-order chi connectivity index (χ1) is 6.73. The lowest BCUT2D eigenvalue weighted by atomic mass is 10.2. The van der Waals surface area contributed by atoms with Crippen molar-refractivity contribution in [3.63, 3.8) is 0 Å². The highest BCUT2D eigenvalue weighted by molar-refractivity contribution is 8.13. The van der Waals surface area contributed by atoms with Gasteiger partial charge in [-0.15, -0.1) is 0 Å². The summed E-state index contributed by atoms with van der Waals surface area (Å²) in [5.74, 6) is 0. The molecule has 84 valence electrons. The Hall–Kier alpha value is -0.950. The van der Waals surface area contributed by atoms with Crippen molar-refractivity contribution in [3.05, 3.63) is 27.7 Å². The Morgan fingerprint density at radius 1 is 1.47 bits per heavy atom. The molecule has 1 N–H and O–H groups in total. The molecule has 0 aliphatic carbocycles. The summed E-state index contributed by atoms with van der Waals surface area (Å²) in [6.07, 6.45) is -2.96. The molecule has 1 rings (SSSR count). The van der Waals surface area contributed by atoms with Crippen LogP contribution in [0.2, 0.25) is 0 Å². The van der Waals surface area contributed by atoms with Crippen LogP contribution in [-0.2, 0) is 9.05 Å². The summed E-state index contributed by atoms with van der Waals surface area (Å²) in [5.41, 5.74) is -1.88. The predicted octanol–water partition coefficient (Wildman–Crippen LogP) is 1.55. The first kappa shape index (κ1) is 12.1. The number of hydrogen-bond acceptors (Lipinski definition) is 3. The van der Waals surface area contributed by atoms with Crippen molar-refractivity contribution < 1.29 is 17.2 Å². The fourth-order valence-electron chi connectivity index (χ4n) is 0.993. The number of aromatic amines is 1. The highest BCUT2D eigenvalue weighted by atomic mass is 35.7. The summed E-state index contributed by atoms with van der Waals surface area (Å²) in [5, 5.41) is 0. The first-order valence-corrected chi connectivity index (χ1v) is 6.01. The van der Waals surface area contributed by atoms with E-state index in [1.807, 2.05) is 4.98 Å². The van der Waals surface area contributed by atoms with E-state index in [-0.39, 0.29) is 5.56 Å². The van der Waals surface area contributed by atoms with Crippen molar-refractivity contribution >= 4 is 19.7 Å². The molecule has 0 fully saturated rings. The molecule has 0 saturated heterocycles. The number of nitrogens with one attached hydrogen (secondary N) is 1. The second-order valence-corrected chi connectivity index (χ2v) is 5.32. The molecule has 0 aliphatic rings. The van der Waals surface area contributed by atoms with E-state index in [9.17, 15) is 22.0 Å². The van der Waals surface area contributed by atoms with Crippen LogP contribution in [0.5, 0.6) is 0 Å². The molecule has 1 aromatic rings. The predicted molar refractivity (Wildman–Crippen MR) is 49.8 cm³/mol. The third-order valence-electron chi connectivity index (χ3n) is 1.75. The zero-order valence-corrected chi connectivity index (χ0v) is 8.99. The molecule has 15 heavy (non-hydrogen) atoms. The largest absolute Gasteiger partial charge is 0.321 e. The minimum atomic E-state index is -4.19. The van der Waals surface area contributed by atoms with E-state index in [1.165, 1.54) is 6.92 Å². The highest BCUT2D eigenvalue weighted by Crippen LogP contribution is 2.22. The van der Waals surface area contributed by atoms with Gasteiger partial charge in [0, 0.05) is 16.2 Å². The Labute approximate surface area is 88.3 Å². The van der Waals surface area contributed by atoms with Crippen LogP contribution >= 0.6 is 10.7 Å². The minimum Gasteiger partial charge on any atom is -0.321 e. The number of pyridine rings is 1. The van der Waals surface area contributed by atoms with Gasteiger partial charge in [-0.05, 0) is 13.0 Å². The Balaban J connectivity index is 3.60. The summed E-state index contributed by atoms with van der Waals surface area (Å²) < 4.78 is 46.4. The zero-order chi connectivity index (χ0) is 11.8. The zero-order valence-electron chi connectivity index (χ0n) is 7.42. The molecule has 0 unspecified atom stereocenters. The third-order valence-corrected chi connectivity index (χ3v) is 3.20.